The first-order valence-electron chi connectivity index (χ1n) is 7.47. The van der Waals surface area contributed by atoms with E-state index in [-0.39, 0.29) is 18.2 Å². The highest BCUT2D eigenvalue weighted by Crippen LogP contribution is 2.39. The van der Waals surface area contributed by atoms with Gasteiger partial charge in [0.05, 0.1) is 5.92 Å². The van der Waals surface area contributed by atoms with Crippen LogP contribution in [0.2, 0.25) is 0 Å². The van der Waals surface area contributed by atoms with E-state index in [1.54, 1.807) is 0 Å². The number of likely N-dealkylation sites (tertiary alicyclic amines) is 1. The van der Waals surface area contributed by atoms with Gasteiger partial charge in [-0.3, -0.25) is 4.79 Å². The number of aliphatic carboxylic acids is 1. The molecule has 1 fully saturated rings. The summed E-state index contributed by atoms with van der Waals surface area (Å²) in [5, 5.41) is 9.54. The van der Waals surface area contributed by atoms with Crippen molar-refractivity contribution in [3.05, 3.63) is 23.8 Å². The summed E-state index contributed by atoms with van der Waals surface area (Å²) < 4.78 is 10.7. The molecule has 22 heavy (non-hydrogen) atoms. The summed E-state index contributed by atoms with van der Waals surface area (Å²) in [5.74, 6) is 0.157. The fraction of sp³-hybridized carbons (Fsp3) is 0.562. The summed E-state index contributed by atoms with van der Waals surface area (Å²) >= 11 is 0. The quantitative estimate of drug-likeness (QED) is 0.871. The molecular formula is C16H22N2O4. The number of fused-ring (bicyclic) bond motifs is 1. The summed E-state index contributed by atoms with van der Waals surface area (Å²) in [5.41, 5.74) is 6.71. The van der Waals surface area contributed by atoms with Crippen LogP contribution in [0.25, 0.3) is 0 Å². The Morgan fingerprint density at radius 1 is 1.36 bits per heavy atom. The molecule has 0 spiro atoms. The third kappa shape index (κ3) is 3.03. The van der Waals surface area contributed by atoms with Crippen molar-refractivity contribution in [2.45, 2.75) is 25.3 Å². The van der Waals surface area contributed by atoms with E-state index in [4.69, 9.17) is 15.2 Å². The smallest absolute Gasteiger partial charge is 0.308 e. The Bertz CT molecular complexity index is 582. The Balaban J connectivity index is 1.83. The SMILES string of the molecule is CC(C)(N)CN1C[C@H](C(=O)O)[C@@H](c2ccc3c(c2)OCO3)C1. The van der Waals surface area contributed by atoms with Gasteiger partial charge < -0.3 is 25.2 Å². The second-order valence-electron chi connectivity index (χ2n) is 6.85. The molecule has 1 aromatic rings. The zero-order chi connectivity index (χ0) is 15.9. The zero-order valence-corrected chi connectivity index (χ0v) is 12.9. The molecule has 2 aliphatic rings. The third-order valence-electron chi connectivity index (χ3n) is 4.17. The molecule has 0 bridgehead atoms. The number of ether oxygens (including phenoxy) is 2. The average Bonchev–Trinajstić information content (AvgIpc) is 3.01. The van der Waals surface area contributed by atoms with Gasteiger partial charge in [0.2, 0.25) is 6.79 Å². The molecular weight excluding hydrogens is 284 g/mol. The molecule has 0 amide bonds. The van der Waals surface area contributed by atoms with Crippen molar-refractivity contribution < 1.29 is 19.4 Å². The number of carbonyl (C=O) groups is 1. The monoisotopic (exact) mass is 306 g/mol. The van der Waals surface area contributed by atoms with Gasteiger partial charge in [-0.05, 0) is 31.5 Å². The van der Waals surface area contributed by atoms with Gasteiger partial charge in [0.1, 0.15) is 0 Å². The minimum atomic E-state index is -0.764. The molecule has 0 saturated carbocycles. The van der Waals surface area contributed by atoms with Crippen LogP contribution in [-0.4, -0.2) is 47.9 Å². The van der Waals surface area contributed by atoms with Gasteiger partial charge in [0.25, 0.3) is 0 Å². The molecule has 0 unspecified atom stereocenters. The first-order valence-corrected chi connectivity index (χ1v) is 7.47. The molecule has 0 radical (unpaired) electrons. The largest absolute Gasteiger partial charge is 0.481 e. The Morgan fingerprint density at radius 3 is 2.77 bits per heavy atom. The van der Waals surface area contributed by atoms with Gasteiger partial charge in [-0.2, -0.15) is 0 Å². The second-order valence-corrected chi connectivity index (χ2v) is 6.85. The van der Waals surface area contributed by atoms with E-state index in [0.29, 0.717) is 31.1 Å². The zero-order valence-electron chi connectivity index (χ0n) is 12.9. The highest BCUT2D eigenvalue weighted by Gasteiger charge is 2.40. The number of carboxylic acid groups (broad SMARTS) is 1. The van der Waals surface area contributed by atoms with E-state index in [0.717, 1.165) is 5.56 Å². The molecule has 0 aliphatic carbocycles. The van der Waals surface area contributed by atoms with Gasteiger partial charge in [0, 0.05) is 31.1 Å². The lowest BCUT2D eigenvalue weighted by Crippen LogP contribution is -2.44. The minimum absolute atomic E-state index is 0.0608. The summed E-state index contributed by atoms with van der Waals surface area (Å²) in [6, 6.07) is 5.69. The van der Waals surface area contributed by atoms with Crippen LogP contribution >= 0.6 is 0 Å². The number of hydrogen-bond acceptors (Lipinski definition) is 5. The van der Waals surface area contributed by atoms with Gasteiger partial charge in [-0.15, -0.1) is 0 Å². The standard InChI is InChI=1S/C16H22N2O4/c1-16(2,17)8-18-6-11(12(7-18)15(19)20)10-3-4-13-14(5-10)22-9-21-13/h3-5,11-12H,6-9,17H2,1-2H3,(H,19,20)/t11-,12+/m1/s1. The molecule has 2 atom stereocenters. The number of carboxylic acids is 1. The first kappa shape index (κ1) is 15.1. The summed E-state index contributed by atoms with van der Waals surface area (Å²) in [6.07, 6.45) is 0. The molecule has 120 valence electrons. The number of hydrogen-bond donors (Lipinski definition) is 2. The fourth-order valence-corrected chi connectivity index (χ4v) is 3.32. The van der Waals surface area contributed by atoms with E-state index in [1.165, 1.54) is 0 Å². The van der Waals surface area contributed by atoms with Crippen molar-refractivity contribution in [3.8, 4) is 11.5 Å². The predicted octanol–water partition coefficient (Wildman–Crippen LogP) is 1.25. The van der Waals surface area contributed by atoms with Crippen LogP contribution in [0.5, 0.6) is 11.5 Å². The highest BCUT2D eigenvalue weighted by atomic mass is 16.7. The van der Waals surface area contributed by atoms with Crippen LogP contribution in [0.1, 0.15) is 25.3 Å². The number of rotatable bonds is 4. The minimum Gasteiger partial charge on any atom is -0.481 e. The van der Waals surface area contributed by atoms with E-state index in [9.17, 15) is 9.90 Å². The Morgan fingerprint density at radius 2 is 2.09 bits per heavy atom. The normalized spacial score (nSPS) is 24.7. The maximum atomic E-state index is 11.6. The van der Waals surface area contributed by atoms with Crippen molar-refractivity contribution in [1.82, 2.24) is 4.90 Å². The van der Waals surface area contributed by atoms with E-state index < -0.39 is 11.9 Å². The third-order valence-corrected chi connectivity index (χ3v) is 4.17. The van der Waals surface area contributed by atoms with Gasteiger partial charge in [-0.25, -0.2) is 0 Å². The van der Waals surface area contributed by atoms with Crippen molar-refractivity contribution in [3.63, 3.8) is 0 Å². The van der Waals surface area contributed by atoms with Crippen molar-refractivity contribution in [1.29, 1.82) is 0 Å². The number of nitrogens with zero attached hydrogens (tertiary/aromatic N) is 1. The molecule has 0 aromatic heterocycles. The van der Waals surface area contributed by atoms with Crippen LogP contribution < -0.4 is 15.2 Å². The first-order chi connectivity index (χ1) is 10.3. The Hall–Kier alpha value is -1.79. The lowest BCUT2D eigenvalue weighted by atomic mass is 9.89. The number of nitrogens with two attached hydrogens (primary N) is 1. The van der Waals surface area contributed by atoms with E-state index in [1.807, 2.05) is 32.0 Å². The number of benzene rings is 1. The van der Waals surface area contributed by atoms with Crippen molar-refractivity contribution in [2.75, 3.05) is 26.4 Å². The Labute approximate surface area is 129 Å². The lowest BCUT2D eigenvalue weighted by molar-refractivity contribution is -0.141. The van der Waals surface area contributed by atoms with Crippen LogP contribution in [0, 0.1) is 5.92 Å². The second kappa shape index (κ2) is 5.44. The van der Waals surface area contributed by atoms with Crippen LogP contribution in [0.3, 0.4) is 0 Å². The molecule has 1 aromatic carbocycles. The van der Waals surface area contributed by atoms with E-state index in [2.05, 4.69) is 4.90 Å². The van der Waals surface area contributed by atoms with Crippen LogP contribution in [-0.2, 0) is 4.79 Å². The molecule has 2 heterocycles. The summed E-state index contributed by atoms with van der Waals surface area (Å²) in [7, 11) is 0. The molecule has 6 heteroatoms. The van der Waals surface area contributed by atoms with Gasteiger partial charge >= 0.3 is 5.97 Å². The molecule has 3 N–H and O–H groups in total. The van der Waals surface area contributed by atoms with Crippen LogP contribution in [0.15, 0.2) is 18.2 Å². The average molecular weight is 306 g/mol. The Kier molecular flexibility index (Phi) is 3.74. The maximum Gasteiger partial charge on any atom is 0.308 e. The highest BCUT2D eigenvalue weighted by molar-refractivity contribution is 5.72. The molecule has 6 nitrogen and oxygen atoms in total. The van der Waals surface area contributed by atoms with Crippen LogP contribution in [0.4, 0.5) is 0 Å². The topological polar surface area (TPSA) is 85.0 Å². The fourth-order valence-electron chi connectivity index (χ4n) is 3.32. The van der Waals surface area contributed by atoms with E-state index >= 15 is 0 Å². The summed E-state index contributed by atoms with van der Waals surface area (Å²) in [4.78, 5) is 13.7. The van der Waals surface area contributed by atoms with Gasteiger partial charge in [-0.1, -0.05) is 6.07 Å². The predicted molar refractivity (Wildman–Crippen MR) is 81.1 cm³/mol. The molecule has 1 saturated heterocycles. The van der Waals surface area contributed by atoms with Crippen molar-refractivity contribution >= 4 is 5.97 Å². The molecule has 3 rings (SSSR count). The lowest BCUT2D eigenvalue weighted by Gasteiger charge is -2.26. The molecule has 2 aliphatic heterocycles. The maximum absolute atomic E-state index is 11.6. The summed E-state index contributed by atoms with van der Waals surface area (Å²) in [6.45, 7) is 6.02. The van der Waals surface area contributed by atoms with Crippen molar-refractivity contribution in [2.24, 2.45) is 11.7 Å². The van der Waals surface area contributed by atoms with Gasteiger partial charge in [0.15, 0.2) is 11.5 Å².